The molecular formula is C25H25NO5S. The second-order valence-corrected chi connectivity index (χ2v) is 9.24. The molecule has 166 valence electrons. The van der Waals surface area contributed by atoms with Crippen molar-refractivity contribution in [2.45, 2.75) is 43.9 Å². The maximum absolute atomic E-state index is 10.5. The molecule has 1 saturated heterocycles. The summed E-state index contributed by atoms with van der Waals surface area (Å²) in [6.45, 7) is 1.56. The fourth-order valence-electron chi connectivity index (χ4n) is 3.96. The molecule has 0 saturated carbocycles. The van der Waals surface area contributed by atoms with E-state index >= 15 is 0 Å². The molecule has 32 heavy (non-hydrogen) atoms. The van der Waals surface area contributed by atoms with Crippen LogP contribution >= 0.6 is 11.3 Å². The van der Waals surface area contributed by atoms with Gasteiger partial charge >= 0.3 is 0 Å². The molecule has 1 aromatic heterocycles. The minimum atomic E-state index is -1.40. The molecule has 6 nitrogen and oxygen atoms in total. The van der Waals surface area contributed by atoms with Crippen molar-refractivity contribution in [1.29, 1.82) is 5.26 Å². The standard InChI is InChI=1S/C25H25NO5S/c1-14-2-5-17(25-24(30)23(29)22(28)20(13-27)31-25)10-18(14)11-19-8-9-21(32-19)16-6-3-15(12-26)4-7-16/h2-10,20,22-25,27-30H,11,13H2,1H3/t20-,22-,23+,24-,25+/m1/s1. The zero-order valence-electron chi connectivity index (χ0n) is 17.5. The number of ether oxygens (including phenoxy) is 1. The number of nitriles is 1. The lowest BCUT2D eigenvalue weighted by Gasteiger charge is -2.40. The zero-order valence-corrected chi connectivity index (χ0v) is 18.4. The SMILES string of the molecule is Cc1ccc([C@@H]2O[C@H](CO)[C@@H](O)[C@H](O)[C@H]2O)cc1Cc1ccc(-c2ccc(C#N)cc2)s1. The normalized spacial score (nSPS) is 25.4. The molecule has 0 bridgehead atoms. The number of hydrogen-bond donors (Lipinski definition) is 4. The zero-order chi connectivity index (χ0) is 22.8. The van der Waals surface area contributed by atoms with Crippen molar-refractivity contribution in [2.24, 2.45) is 0 Å². The molecule has 5 atom stereocenters. The summed E-state index contributed by atoms with van der Waals surface area (Å²) >= 11 is 1.68. The number of aliphatic hydroxyl groups excluding tert-OH is 4. The van der Waals surface area contributed by atoms with Gasteiger partial charge in [0.15, 0.2) is 0 Å². The van der Waals surface area contributed by atoms with Gasteiger partial charge in [0, 0.05) is 16.2 Å². The molecule has 1 aliphatic rings. The predicted octanol–water partition coefficient (Wildman–Crippen LogP) is 2.70. The second kappa shape index (κ2) is 9.51. The number of thiophene rings is 1. The molecule has 1 fully saturated rings. The Kier molecular flexibility index (Phi) is 6.72. The van der Waals surface area contributed by atoms with Gasteiger partial charge in [-0.1, -0.05) is 30.3 Å². The summed E-state index contributed by atoms with van der Waals surface area (Å²) in [5, 5.41) is 49.0. The van der Waals surface area contributed by atoms with Crippen LogP contribution in [0.15, 0.2) is 54.6 Å². The van der Waals surface area contributed by atoms with E-state index in [1.807, 2.05) is 49.4 Å². The van der Waals surface area contributed by atoms with Crippen molar-refractivity contribution in [3.8, 4) is 16.5 Å². The number of aliphatic hydroxyl groups is 4. The first-order valence-corrected chi connectivity index (χ1v) is 11.2. The molecule has 4 N–H and O–H groups in total. The summed E-state index contributed by atoms with van der Waals surface area (Å²) in [5.41, 5.74) is 4.53. The highest BCUT2D eigenvalue weighted by Gasteiger charge is 2.43. The summed E-state index contributed by atoms with van der Waals surface area (Å²) in [4.78, 5) is 2.28. The highest BCUT2D eigenvalue weighted by Crippen LogP contribution is 2.35. The number of hydrogen-bond acceptors (Lipinski definition) is 7. The smallest absolute Gasteiger partial charge is 0.113 e. The van der Waals surface area contributed by atoms with Gasteiger partial charge in [0.05, 0.1) is 18.2 Å². The Bertz CT molecular complexity index is 1120. The maximum Gasteiger partial charge on any atom is 0.113 e. The molecule has 0 unspecified atom stereocenters. The van der Waals surface area contributed by atoms with E-state index in [9.17, 15) is 20.4 Å². The fourth-order valence-corrected chi connectivity index (χ4v) is 5.00. The van der Waals surface area contributed by atoms with Crippen LogP contribution in [-0.4, -0.2) is 51.4 Å². The molecule has 1 aliphatic heterocycles. The molecule has 0 radical (unpaired) electrons. The third-order valence-electron chi connectivity index (χ3n) is 5.92. The van der Waals surface area contributed by atoms with Crippen molar-refractivity contribution in [3.63, 3.8) is 0 Å². The molecule has 0 amide bonds. The topological polar surface area (TPSA) is 114 Å². The summed E-state index contributed by atoms with van der Waals surface area (Å²) in [7, 11) is 0. The van der Waals surface area contributed by atoms with Crippen LogP contribution in [0.1, 0.15) is 33.2 Å². The first-order valence-electron chi connectivity index (χ1n) is 10.4. The van der Waals surface area contributed by atoms with Crippen molar-refractivity contribution < 1.29 is 25.2 Å². The minimum absolute atomic E-state index is 0.451. The van der Waals surface area contributed by atoms with Gasteiger partial charge in [-0.15, -0.1) is 11.3 Å². The highest BCUT2D eigenvalue weighted by molar-refractivity contribution is 7.15. The first kappa shape index (κ1) is 22.6. The second-order valence-electron chi connectivity index (χ2n) is 8.07. The summed E-state index contributed by atoms with van der Waals surface area (Å²) < 4.78 is 5.71. The molecule has 3 aromatic rings. The molecule has 7 heteroatoms. The molecule has 0 spiro atoms. The highest BCUT2D eigenvalue weighted by atomic mass is 32.1. The van der Waals surface area contributed by atoms with E-state index < -0.39 is 37.1 Å². The van der Waals surface area contributed by atoms with E-state index in [1.165, 1.54) is 4.88 Å². The van der Waals surface area contributed by atoms with Crippen LogP contribution in [0.4, 0.5) is 0 Å². The Balaban J connectivity index is 1.56. The van der Waals surface area contributed by atoms with E-state index in [1.54, 1.807) is 11.3 Å². The molecular weight excluding hydrogens is 426 g/mol. The van der Waals surface area contributed by atoms with Gasteiger partial charge in [-0.2, -0.15) is 5.26 Å². The van der Waals surface area contributed by atoms with E-state index in [0.717, 1.165) is 21.6 Å². The van der Waals surface area contributed by atoms with E-state index in [-0.39, 0.29) is 0 Å². The Hall–Kier alpha value is -2.57. The van der Waals surface area contributed by atoms with Gasteiger partial charge in [-0.25, -0.2) is 0 Å². The quantitative estimate of drug-likeness (QED) is 0.474. The maximum atomic E-state index is 10.5. The van der Waals surface area contributed by atoms with Crippen molar-refractivity contribution >= 4 is 11.3 Å². The predicted molar refractivity (Wildman–Crippen MR) is 121 cm³/mol. The van der Waals surface area contributed by atoms with Gasteiger partial charge in [-0.3, -0.25) is 0 Å². The third-order valence-corrected chi connectivity index (χ3v) is 7.05. The van der Waals surface area contributed by atoms with Gasteiger partial charge in [0.25, 0.3) is 0 Å². The van der Waals surface area contributed by atoms with Gasteiger partial charge in [0.2, 0.25) is 0 Å². The van der Waals surface area contributed by atoms with Crippen LogP contribution in [0, 0.1) is 18.3 Å². The van der Waals surface area contributed by atoms with Gasteiger partial charge < -0.3 is 25.2 Å². The van der Waals surface area contributed by atoms with Gasteiger partial charge in [0.1, 0.15) is 30.5 Å². The Morgan fingerprint density at radius 1 is 0.969 bits per heavy atom. The number of aryl methyl sites for hydroxylation is 1. The Morgan fingerprint density at radius 2 is 1.72 bits per heavy atom. The van der Waals surface area contributed by atoms with E-state index in [4.69, 9.17) is 10.00 Å². The van der Waals surface area contributed by atoms with Crippen molar-refractivity contribution in [3.05, 3.63) is 81.7 Å². The number of benzene rings is 2. The lowest BCUT2D eigenvalue weighted by atomic mass is 9.89. The first-order chi connectivity index (χ1) is 15.4. The average molecular weight is 452 g/mol. The lowest BCUT2D eigenvalue weighted by molar-refractivity contribution is -0.231. The lowest BCUT2D eigenvalue weighted by Crippen LogP contribution is -2.55. The van der Waals surface area contributed by atoms with E-state index in [2.05, 4.69) is 18.2 Å². The van der Waals surface area contributed by atoms with Gasteiger partial charge in [-0.05, 0) is 53.4 Å². The van der Waals surface area contributed by atoms with E-state index in [0.29, 0.717) is 17.5 Å². The van der Waals surface area contributed by atoms with Crippen molar-refractivity contribution in [1.82, 2.24) is 0 Å². The fraction of sp³-hybridized carbons (Fsp3) is 0.320. The Morgan fingerprint density at radius 3 is 2.41 bits per heavy atom. The van der Waals surface area contributed by atoms with Crippen LogP contribution < -0.4 is 0 Å². The molecule has 0 aliphatic carbocycles. The van der Waals surface area contributed by atoms with Crippen molar-refractivity contribution in [2.75, 3.05) is 6.61 Å². The van der Waals surface area contributed by atoms with Crippen LogP contribution in [0.3, 0.4) is 0 Å². The van der Waals surface area contributed by atoms with Crippen LogP contribution in [0.5, 0.6) is 0 Å². The molecule has 2 aromatic carbocycles. The molecule has 2 heterocycles. The summed E-state index contributed by atoms with van der Waals surface area (Å²) in [6.07, 6.45) is -5.16. The number of rotatable bonds is 5. The third kappa shape index (κ3) is 4.48. The van der Waals surface area contributed by atoms with Crippen LogP contribution in [-0.2, 0) is 11.2 Å². The van der Waals surface area contributed by atoms with Crippen LogP contribution in [0.25, 0.3) is 10.4 Å². The minimum Gasteiger partial charge on any atom is -0.394 e. The monoisotopic (exact) mass is 451 g/mol. The number of nitrogens with zero attached hydrogens (tertiary/aromatic N) is 1. The average Bonchev–Trinajstić information content (AvgIpc) is 3.28. The van der Waals surface area contributed by atoms with Crippen LogP contribution in [0.2, 0.25) is 0 Å². The Labute approximate surface area is 190 Å². The summed E-state index contributed by atoms with van der Waals surface area (Å²) in [6, 6.07) is 19.5. The summed E-state index contributed by atoms with van der Waals surface area (Å²) in [5.74, 6) is 0. The largest absolute Gasteiger partial charge is 0.394 e. The molecule has 4 rings (SSSR count).